The molecule has 0 radical (unpaired) electrons. The zero-order valence-corrected chi connectivity index (χ0v) is 18.1. The van der Waals surface area contributed by atoms with Crippen LogP contribution >= 0.6 is 11.6 Å². The van der Waals surface area contributed by atoms with Gasteiger partial charge in [0.05, 0.1) is 17.0 Å². The highest BCUT2D eigenvalue weighted by molar-refractivity contribution is 6.30. The SMILES string of the molecule is O=C(NCC1(O)CCCCC1)c1cc(-c2ccc(Cl)cc2)nn(-c2cccc(F)c2)c1=O. The number of amides is 1. The second kappa shape index (κ2) is 9.22. The van der Waals surface area contributed by atoms with Gasteiger partial charge in [0.25, 0.3) is 11.5 Å². The van der Waals surface area contributed by atoms with E-state index in [9.17, 15) is 19.1 Å². The lowest BCUT2D eigenvalue weighted by atomic mass is 9.85. The summed E-state index contributed by atoms with van der Waals surface area (Å²) in [5.41, 5.74) is -0.603. The molecule has 4 rings (SSSR count). The minimum Gasteiger partial charge on any atom is -0.388 e. The molecule has 1 aliphatic carbocycles. The topological polar surface area (TPSA) is 84.2 Å². The Morgan fingerprint density at radius 1 is 1.12 bits per heavy atom. The molecule has 1 fully saturated rings. The van der Waals surface area contributed by atoms with Crippen LogP contribution in [-0.4, -0.2) is 32.9 Å². The van der Waals surface area contributed by atoms with E-state index in [0.29, 0.717) is 29.1 Å². The number of nitrogens with one attached hydrogen (secondary N) is 1. The molecule has 1 aliphatic rings. The van der Waals surface area contributed by atoms with Gasteiger partial charge in [-0.1, -0.05) is 49.1 Å². The molecule has 3 aromatic rings. The highest BCUT2D eigenvalue weighted by Gasteiger charge is 2.30. The van der Waals surface area contributed by atoms with Gasteiger partial charge in [0.15, 0.2) is 0 Å². The largest absolute Gasteiger partial charge is 0.388 e. The van der Waals surface area contributed by atoms with Crippen LogP contribution in [0.25, 0.3) is 16.9 Å². The number of rotatable bonds is 5. The standard InChI is InChI=1S/C24H23ClFN3O3/c25-17-9-7-16(8-10-17)21-14-20(22(30)27-15-24(32)11-2-1-3-12-24)23(31)29(28-21)19-6-4-5-18(26)13-19/h4-10,13-14,32H,1-3,11-12,15H2,(H,27,30). The number of carbonyl (C=O) groups is 1. The first kappa shape index (κ1) is 22.2. The Hall–Kier alpha value is -3.03. The summed E-state index contributed by atoms with van der Waals surface area (Å²) in [7, 11) is 0. The molecule has 0 spiro atoms. The molecule has 1 heterocycles. The van der Waals surface area contributed by atoms with Crippen molar-refractivity contribution in [1.82, 2.24) is 15.1 Å². The van der Waals surface area contributed by atoms with Gasteiger partial charge in [-0.2, -0.15) is 9.78 Å². The summed E-state index contributed by atoms with van der Waals surface area (Å²) in [4.78, 5) is 26.1. The first-order chi connectivity index (χ1) is 15.3. The minimum atomic E-state index is -0.971. The van der Waals surface area contributed by atoms with Crippen molar-refractivity contribution in [1.29, 1.82) is 0 Å². The lowest BCUT2D eigenvalue weighted by molar-refractivity contribution is 0.00524. The van der Waals surface area contributed by atoms with Crippen LogP contribution in [-0.2, 0) is 0 Å². The highest BCUT2D eigenvalue weighted by atomic mass is 35.5. The second-order valence-electron chi connectivity index (χ2n) is 8.11. The number of benzene rings is 2. The van der Waals surface area contributed by atoms with Crippen molar-refractivity contribution < 1.29 is 14.3 Å². The fourth-order valence-corrected chi connectivity index (χ4v) is 4.05. The molecule has 0 aliphatic heterocycles. The van der Waals surface area contributed by atoms with Crippen LogP contribution in [0.2, 0.25) is 5.02 Å². The number of nitrogens with zero attached hydrogens (tertiary/aromatic N) is 2. The third kappa shape index (κ3) is 4.89. The van der Waals surface area contributed by atoms with E-state index in [4.69, 9.17) is 11.6 Å². The molecule has 1 aromatic heterocycles. The van der Waals surface area contributed by atoms with Crippen LogP contribution in [0.15, 0.2) is 59.4 Å². The maximum absolute atomic E-state index is 13.8. The van der Waals surface area contributed by atoms with E-state index >= 15 is 0 Å². The summed E-state index contributed by atoms with van der Waals surface area (Å²) in [6.45, 7) is 0.0594. The molecule has 8 heteroatoms. The van der Waals surface area contributed by atoms with Gasteiger partial charge in [-0.25, -0.2) is 4.39 Å². The zero-order chi connectivity index (χ0) is 22.7. The lowest BCUT2D eigenvalue weighted by Crippen LogP contribution is -2.45. The number of carbonyl (C=O) groups excluding carboxylic acids is 1. The van der Waals surface area contributed by atoms with E-state index in [1.807, 2.05) is 0 Å². The number of hydrogen-bond acceptors (Lipinski definition) is 4. The van der Waals surface area contributed by atoms with Crippen molar-refractivity contribution in [3.8, 4) is 16.9 Å². The first-order valence-corrected chi connectivity index (χ1v) is 10.9. The van der Waals surface area contributed by atoms with Crippen LogP contribution in [0.1, 0.15) is 42.5 Å². The van der Waals surface area contributed by atoms with Gasteiger partial charge in [-0.15, -0.1) is 0 Å². The third-order valence-corrected chi connectivity index (χ3v) is 5.96. The Bertz CT molecular complexity index is 1190. The monoisotopic (exact) mass is 455 g/mol. The van der Waals surface area contributed by atoms with Gasteiger partial charge >= 0.3 is 0 Å². The molecule has 1 amide bonds. The maximum atomic E-state index is 13.8. The Balaban J connectivity index is 1.74. The van der Waals surface area contributed by atoms with Crippen molar-refractivity contribution in [3.63, 3.8) is 0 Å². The average molecular weight is 456 g/mol. The number of aromatic nitrogens is 2. The molecule has 0 atom stereocenters. The smallest absolute Gasteiger partial charge is 0.284 e. The highest BCUT2D eigenvalue weighted by Crippen LogP contribution is 2.27. The predicted octanol–water partition coefficient (Wildman–Crippen LogP) is 4.12. The quantitative estimate of drug-likeness (QED) is 0.606. The Morgan fingerprint density at radius 3 is 2.53 bits per heavy atom. The predicted molar refractivity (Wildman–Crippen MR) is 121 cm³/mol. The fraction of sp³-hybridized carbons (Fsp3) is 0.292. The zero-order valence-electron chi connectivity index (χ0n) is 17.4. The molecule has 0 unspecified atom stereocenters. The molecular formula is C24H23ClFN3O3. The van der Waals surface area contributed by atoms with Crippen molar-refractivity contribution in [2.75, 3.05) is 6.54 Å². The molecule has 166 valence electrons. The Morgan fingerprint density at radius 2 is 1.84 bits per heavy atom. The normalized spacial score (nSPS) is 15.3. The van der Waals surface area contributed by atoms with Crippen molar-refractivity contribution in [2.24, 2.45) is 0 Å². The van der Waals surface area contributed by atoms with Gasteiger partial charge in [0.1, 0.15) is 11.4 Å². The summed E-state index contributed by atoms with van der Waals surface area (Å²) >= 11 is 5.97. The van der Waals surface area contributed by atoms with Gasteiger partial charge in [0, 0.05) is 17.1 Å². The van der Waals surface area contributed by atoms with E-state index in [1.165, 1.54) is 30.3 Å². The molecule has 0 bridgehead atoms. The molecule has 32 heavy (non-hydrogen) atoms. The number of aliphatic hydroxyl groups is 1. The van der Waals surface area contributed by atoms with E-state index < -0.39 is 22.9 Å². The first-order valence-electron chi connectivity index (χ1n) is 10.5. The Labute approximate surface area is 189 Å². The van der Waals surface area contributed by atoms with Gasteiger partial charge < -0.3 is 10.4 Å². The van der Waals surface area contributed by atoms with Crippen molar-refractivity contribution in [3.05, 3.63) is 81.4 Å². The summed E-state index contributed by atoms with van der Waals surface area (Å²) in [6.07, 6.45) is 4.06. The van der Waals surface area contributed by atoms with Crippen LogP contribution < -0.4 is 10.9 Å². The van der Waals surface area contributed by atoms with Crippen LogP contribution in [0.3, 0.4) is 0 Å². The van der Waals surface area contributed by atoms with Crippen LogP contribution in [0.4, 0.5) is 4.39 Å². The van der Waals surface area contributed by atoms with Gasteiger partial charge in [-0.05, 0) is 49.2 Å². The van der Waals surface area contributed by atoms with Crippen LogP contribution in [0, 0.1) is 5.82 Å². The van der Waals surface area contributed by atoms with Crippen LogP contribution in [0.5, 0.6) is 0 Å². The molecule has 2 aromatic carbocycles. The summed E-state index contributed by atoms with van der Waals surface area (Å²) < 4.78 is 14.8. The Kier molecular flexibility index (Phi) is 6.39. The van der Waals surface area contributed by atoms with E-state index in [0.717, 1.165) is 23.9 Å². The average Bonchev–Trinajstić information content (AvgIpc) is 2.79. The number of hydrogen-bond donors (Lipinski definition) is 2. The van der Waals surface area contributed by atoms with Gasteiger partial charge in [-0.3, -0.25) is 9.59 Å². The summed E-state index contributed by atoms with van der Waals surface area (Å²) in [6, 6.07) is 13.6. The maximum Gasteiger partial charge on any atom is 0.284 e. The molecule has 0 saturated heterocycles. The lowest BCUT2D eigenvalue weighted by Gasteiger charge is -2.32. The van der Waals surface area contributed by atoms with E-state index in [-0.39, 0.29) is 17.8 Å². The molecule has 2 N–H and O–H groups in total. The fourth-order valence-electron chi connectivity index (χ4n) is 3.93. The van der Waals surface area contributed by atoms with Crippen molar-refractivity contribution in [2.45, 2.75) is 37.7 Å². The number of halogens is 2. The molecule has 1 saturated carbocycles. The summed E-state index contributed by atoms with van der Waals surface area (Å²) in [5, 5.41) is 18.3. The molecular weight excluding hydrogens is 433 g/mol. The third-order valence-electron chi connectivity index (χ3n) is 5.71. The van der Waals surface area contributed by atoms with Crippen molar-refractivity contribution >= 4 is 17.5 Å². The van der Waals surface area contributed by atoms with Gasteiger partial charge in [0.2, 0.25) is 0 Å². The van der Waals surface area contributed by atoms with E-state index in [2.05, 4.69) is 10.4 Å². The molecule has 6 nitrogen and oxygen atoms in total. The summed E-state index contributed by atoms with van der Waals surface area (Å²) in [5.74, 6) is -1.14. The minimum absolute atomic E-state index is 0.0594. The second-order valence-corrected chi connectivity index (χ2v) is 8.55. The van der Waals surface area contributed by atoms with E-state index in [1.54, 1.807) is 24.3 Å².